The van der Waals surface area contributed by atoms with Gasteiger partial charge in [-0.15, -0.1) is 11.3 Å². The molecule has 0 saturated carbocycles. The van der Waals surface area contributed by atoms with Crippen molar-refractivity contribution in [1.29, 1.82) is 0 Å². The Morgan fingerprint density at radius 3 is 2.81 bits per heavy atom. The van der Waals surface area contributed by atoms with Crippen LogP contribution >= 0.6 is 11.3 Å². The molecule has 0 amide bonds. The molecule has 0 bridgehead atoms. The van der Waals surface area contributed by atoms with E-state index >= 15 is 0 Å². The standard InChI is InChI=1S/C28H24FN7S/c29-20-3-1-2-18(12-20)16-36-24-7-4-21(13-19(24)15-33-36)34-27-26-23-6-5-22(35-10-8-30-9-11-35)14-25(23)37-28(26)32-17-31-27/h1-7,12-15,17,30H,8-11,16H2,(H,31,32,34). The summed E-state index contributed by atoms with van der Waals surface area (Å²) >= 11 is 1.70. The maximum absolute atomic E-state index is 13.6. The minimum absolute atomic E-state index is 0.238. The summed E-state index contributed by atoms with van der Waals surface area (Å²) in [5.41, 5.74) is 4.04. The van der Waals surface area contributed by atoms with Gasteiger partial charge in [0.1, 0.15) is 22.8 Å². The Balaban J connectivity index is 1.20. The molecule has 0 atom stereocenters. The Labute approximate surface area is 216 Å². The van der Waals surface area contributed by atoms with Crippen LogP contribution in [0.2, 0.25) is 0 Å². The first-order chi connectivity index (χ1) is 18.2. The average Bonchev–Trinajstić information content (AvgIpc) is 3.50. The van der Waals surface area contributed by atoms with Crippen molar-refractivity contribution < 1.29 is 4.39 Å². The Kier molecular flexibility index (Phi) is 5.44. The molecule has 1 aliphatic heterocycles. The summed E-state index contributed by atoms with van der Waals surface area (Å²) in [6.45, 7) is 4.57. The second-order valence-corrected chi connectivity index (χ2v) is 10.3. The van der Waals surface area contributed by atoms with Crippen molar-refractivity contribution in [3.05, 3.63) is 84.6 Å². The Morgan fingerprint density at radius 1 is 1.00 bits per heavy atom. The highest BCUT2D eigenvalue weighted by Gasteiger charge is 2.16. The molecule has 37 heavy (non-hydrogen) atoms. The number of halogens is 1. The number of nitrogens with zero attached hydrogens (tertiary/aromatic N) is 5. The largest absolute Gasteiger partial charge is 0.369 e. The van der Waals surface area contributed by atoms with Crippen molar-refractivity contribution in [3.8, 4) is 0 Å². The maximum Gasteiger partial charge on any atom is 0.143 e. The summed E-state index contributed by atoms with van der Waals surface area (Å²) in [5, 5.41) is 14.7. The zero-order chi connectivity index (χ0) is 24.8. The molecule has 4 heterocycles. The summed E-state index contributed by atoms with van der Waals surface area (Å²) in [5.74, 6) is 0.551. The maximum atomic E-state index is 13.6. The molecule has 1 fully saturated rings. The van der Waals surface area contributed by atoms with E-state index in [1.54, 1.807) is 29.8 Å². The summed E-state index contributed by atoms with van der Waals surface area (Å²) in [6, 6.07) is 19.4. The number of anilines is 3. The van der Waals surface area contributed by atoms with Crippen molar-refractivity contribution in [1.82, 2.24) is 25.1 Å². The molecule has 1 aliphatic rings. The first-order valence-electron chi connectivity index (χ1n) is 12.3. The number of hydrogen-bond acceptors (Lipinski definition) is 7. The topological polar surface area (TPSA) is 70.9 Å². The van der Waals surface area contributed by atoms with Crippen LogP contribution in [-0.2, 0) is 6.54 Å². The number of nitrogens with one attached hydrogen (secondary N) is 2. The fourth-order valence-electron chi connectivity index (χ4n) is 5.05. The molecule has 0 aliphatic carbocycles. The minimum Gasteiger partial charge on any atom is -0.369 e. The lowest BCUT2D eigenvalue weighted by atomic mass is 10.1. The molecular formula is C28H24FN7S. The fourth-order valence-corrected chi connectivity index (χ4v) is 6.12. The summed E-state index contributed by atoms with van der Waals surface area (Å²) < 4.78 is 16.7. The molecule has 3 aromatic carbocycles. The first kappa shape index (κ1) is 22.1. The van der Waals surface area contributed by atoms with Crippen LogP contribution in [-0.4, -0.2) is 45.9 Å². The third kappa shape index (κ3) is 4.16. The van der Waals surface area contributed by atoms with Gasteiger partial charge in [-0.3, -0.25) is 4.68 Å². The van der Waals surface area contributed by atoms with Crippen LogP contribution in [0, 0.1) is 5.82 Å². The van der Waals surface area contributed by atoms with Gasteiger partial charge in [0.05, 0.1) is 23.6 Å². The van der Waals surface area contributed by atoms with Crippen molar-refractivity contribution in [3.63, 3.8) is 0 Å². The van der Waals surface area contributed by atoms with Crippen molar-refractivity contribution >= 4 is 59.7 Å². The van der Waals surface area contributed by atoms with E-state index in [1.165, 1.54) is 16.5 Å². The van der Waals surface area contributed by atoms with E-state index in [4.69, 9.17) is 0 Å². The summed E-state index contributed by atoms with van der Waals surface area (Å²) in [6.07, 6.45) is 3.46. The van der Waals surface area contributed by atoms with Crippen LogP contribution < -0.4 is 15.5 Å². The SMILES string of the molecule is Fc1cccc(Cn2ncc3cc(Nc4ncnc5sc6cc(N7CCNCC7)ccc6c45)ccc32)c1. The average molecular weight is 510 g/mol. The molecule has 1 saturated heterocycles. The van der Waals surface area contributed by atoms with Crippen molar-refractivity contribution in [2.24, 2.45) is 0 Å². The predicted octanol–water partition coefficient (Wildman–Crippen LogP) is 5.53. The van der Waals surface area contributed by atoms with E-state index in [9.17, 15) is 4.39 Å². The number of fused-ring (bicyclic) bond motifs is 4. The third-order valence-electron chi connectivity index (χ3n) is 6.86. The van der Waals surface area contributed by atoms with Gasteiger partial charge >= 0.3 is 0 Å². The molecule has 0 unspecified atom stereocenters. The highest BCUT2D eigenvalue weighted by Crippen LogP contribution is 2.39. The normalized spacial score (nSPS) is 14.1. The highest BCUT2D eigenvalue weighted by atomic mass is 32.1. The molecule has 0 radical (unpaired) electrons. The zero-order valence-electron chi connectivity index (χ0n) is 20.0. The number of piperazine rings is 1. The Hall–Kier alpha value is -4.08. The van der Waals surface area contributed by atoms with E-state index in [0.717, 1.165) is 69.8 Å². The second-order valence-electron chi connectivity index (χ2n) is 9.25. The van der Waals surface area contributed by atoms with E-state index in [0.29, 0.717) is 6.54 Å². The van der Waals surface area contributed by atoms with E-state index in [-0.39, 0.29) is 5.82 Å². The summed E-state index contributed by atoms with van der Waals surface area (Å²) in [7, 11) is 0. The molecule has 7 nitrogen and oxygen atoms in total. The van der Waals surface area contributed by atoms with Crippen LogP contribution in [0.1, 0.15) is 5.56 Å². The summed E-state index contributed by atoms with van der Waals surface area (Å²) in [4.78, 5) is 12.6. The Bertz CT molecular complexity index is 1750. The Morgan fingerprint density at radius 2 is 1.92 bits per heavy atom. The molecule has 3 aromatic heterocycles. The molecule has 6 aromatic rings. The quantitative estimate of drug-likeness (QED) is 0.318. The third-order valence-corrected chi connectivity index (χ3v) is 7.92. The van der Waals surface area contributed by atoms with Gasteiger partial charge in [-0.05, 0) is 48.0 Å². The lowest BCUT2D eigenvalue weighted by molar-refractivity contribution is 0.589. The smallest absolute Gasteiger partial charge is 0.143 e. The van der Waals surface area contributed by atoms with Gasteiger partial charge in [0.15, 0.2) is 0 Å². The number of rotatable bonds is 5. The van der Waals surface area contributed by atoms with E-state index in [2.05, 4.69) is 54.9 Å². The van der Waals surface area contributed by atoms with E-state index in [1.807, 2.05) is 29.1 Å². The zero-order valence-corrected chi connectivity index (χ0v) is 20.8. The van der Waals surface area contributed by atoms with E-state index < -0.39 is 0 Å². The van der Waals surface area contributed by atoms with Gasteiger partial charge in [-0.1, -0.05) is 18.2 Å². The minimum atomic E-state index is -0.238. The number of thiophene rings is 1. The van der Waals surface area contributed by atoms with Gasteiger partial charge in [0.25, 0.3) is 0 Å². The van der Waals surface area contributed by atoms with Crippen LogP contribution in [0.3, 0.4) is 0 Å². The molecule has 184 valence electrons. The molecule has 9 heteroatoms. The lowest BCUT2D eigenvalue weighted by Crippen LogP contribution is -2.43. The fraction of sp³-hybridized carbons (Fsp3) is 0.179. The predicted molar refractivity (Wildman–Crippen MR) is 149 cm³/mol. The molecule has 0 spiro atoms. The molecule has 2 N–H and O–H groups in total. The lowest BCUT2D eigenvalue weighted by Gasteiger charge is -2.29. The van der Waals surface area contributed by atoms with Crippen LogP contribution in [0.4, 0.5) is 21.6 Å². The van der Waals surface area contributed by atoms with Crippen molar-refractivity contribution in [2.75, 3.05) is 36.4 Å². The van der Waals surface area contributed by atoms with Gasteiger partial charge in [0.2, 0.25) is 0 Å². The second kappa shape index (κ2) is 9.10. The van der Waals surface area contributed by atoms with Gasteiger partial charge in [-0.2, -0.15) is 5.10 Å². The van der Waals surface area contributed by atoms with Crippen molar-refractivity contribution in [2.45, 2.75) is 6.54 Å². The van der Waals surface area contributed by atoms with Gasteiger partial charge < -0.3 is 15.5 Å². The van der Waals surface area contributed by atoms with Crippen LogP contribution in [0.15, 0.2) is 73.2 Å². The first-order valence-corrected chi connectivity index (χ1v) is 13.1. The van der Waals surface area contributed by atoms with Crippen LogP contribution in [0.5, 0.6) is 0 Å². The highest BCUT2D eigenvalue weighted by molar-refractivity contribution is 7.25. The number of aromatic nitrogens is 4. The monoisotopic (exact) mass is 509 g/mol. The molecule has 7 rings (SSSR count). The molecular weight excluding hydrogens is 485 g/mol. The van der Waals surface area contributed by atoms with Gasteiger partial charge in [-0.25, -0.2) is 14.4 Å². The van der Waals surface area contributed by atoms with Gasteiger partial charge in [0, 0.05) is 53.0 Å². The number of benzene rings is 3. The number of hydrogen-bond donors (Lipinski definition) is 2. The van der Waals surface area contributed by atoms with Crippen LogP contribution in [0.25, 0.3) is 31.2 Å².